The smallest absolute Gasteiger partial charge is 0.0222 e. The number of nitrogens with one attached hydrogen (secondary N) is 1. The molecule has 2 nitrogen and oxygen atoms in total. The Morgan fingerprint density at radius 2 is 2.18 bits per heavy atom. The molecule has 94 valence electrons. The highest BCUT2D eigenvalue weighted by Gasteiger charge is 2.25. The predicted molar refractivity (Wildman–Crippen MR) is 76.2 cm³/mol. The average molecular weight is 297 g/mol. The molecule has 3 heteroatoms. The van der Waals surface area contributed by atoms with Crippen molar-refractivity contribution < 1.29 is 0 Å². The monoisotopic (exact) mass is 296 g/mol. The summed E-state index contributed by atoms with van der Waals surface area (Å²) in [4.78, 5) is 2.46. The molecular weight excluding hydrogens is 276 g/mol. The van der Waals surface area contributed by atoms with Crippen LogP contribution in [0.25, 0.3) is 0 Å². The van der Waals surface area contributed by atoms with Crippen molar-refractivity contribution in [2.45, 2.75) is 32.4 Å². The van der Waals surface area contributed by atoms with E-state index in [9.17, 15) is 0 Å². The van der Waals surface area contributed by atoms with Crippen molar-refractivity contribution in [3.05, 3.63) is 33.8 Å². The lowest BCUT2D eigenvalue weighted by molar-refractivity contribution is 0.321. The number of benzene rings is 1. The minimum atomic E-state index is 0.864. The van der Waals surface area contributed by atoms with E-state index in [1.807, 2.05) is 0 Å². The molecule has 0 aromatic heterocycles. The summed E-state index contributed by atoms with van der Waals surface area (Å²) in [7, 11) is 2.22. The summed E-state index contributed by atoms with van der Waals surface area (Å²) in [6.07, 6.45) is 2.78. The molecule has 1 N–H and O–H groups in total. The summed E-state index contributed by atoms with van der Waals surface area (Å²) >= 11 is 3.61. The highest BCUT2D eigenvalue weighted by Crippen LogP contribution is 2.24. The van der Waals surface area contributed by atoms with E-state index in [2.05, 4.69) is 58.3 Å². The van der Waals surface area contributed by atoms with E-state index < -0.39 is 0 Å². The second-order valence-corrected chi connectivity index (χ2v) is 5.84. The third-order valence-electron chi connectivity index (χ3n) is 3.34. The molecule has 0 atom stereocenters. The third-order valence-corrected chi connectivity index (χ3v) is 4.07. The van der Waals surface area contributed by atoms with Gasteiger partial charge >= 0.3 is 0 Å². The van der Waals surface area contributed by atoms with Gasteiger partial charge in [0.05, 0.1) is 0 Å². The van der Waals surface area contributed by atoms with Crippen LogP contribution in [0.3, 0.4) is 0 Å². The maximum Gasteiger partial charge on any atom is 0.0222 e. The first kappa shape index (κ1) is 13.1. The van der Waals surface area contributed by atoms with Crippen LogP contribution in [-0.4, -0.2) is 31.1 Å². The van der Waals surface area contributed by atoms with E-state index in [0.717, 1.165) is 25.7 Å². The SMILES string of the molecule is Cc1ccc(CNCCN(C)C2CC2)c(Br)c1. The Morgan fingerprint density at radius 1 is 1.41 bits per heavy atom. The van der Waals surface area contributed by atoms with Gasteiger partial charge in [0.25, 0.3) is 0 Å². The lowest BCUT2D eigenvalue weighted by atomic mass is 10.1. The van der Waals surface area contributed by atoms with Crippen molar-refractivity contribution >= 4 is 15.9 Å². The zero-order chi connectivity index (χ0) is 12.3. The van der Waals surface area contributed by atoms with Gasteiger partial charge in [-0.15, -0.1) is 0 Å². The maximum absolute atomic E-state index is 3.61. The number of hydrogen-bond acceptors (Lipinski definition) is 2. The fourth-order valence-corrected chi connectivity index (χ4v) is 2.61. The molecule has 1 aromatic carbocycles. The van der Waals surface area contributed by atoms with Crippen molar-refractivity contribution in [2.24, 2.45) is 0 Å². The maximum atomic E-state index is 3.61. The van der Waals surface area contributed by atoms with Gasteiger partial charge in [-0.3, -0.25) is 0 Å². The van der Waals surface area contributed by atoms with E-state index in [0.29, 0.717) is 0 Å². The first-order valence-corrected chi connectivity index (χ1v) is 7.12. The molecule has 0 unspecified atom stereocenters. The highest BCUT2D eigenvalue weighted by molar-refractivity contribution is 9.10. The quantitative estimate of drug-likeness (QED) is 0.812. The van der Waals surface area contributed by atoms with E-state index in [4.69, 9.17) is 0 Å². The van der Waals surface area contributed by atoms with Gasteiger partial charge in [0.15, 0.2) is 0 Å². The number of halogens is 1. The van der Waals surface area contributed by atoms with Crippen LogP contribution in [0.1, 0.15) is 24.0 Å². The Hall–Kier alpha value is -0.380. The molecule has 0 bridgehead atoms. The fourth-order valence-electron chi connectivity index (χ4n) is 1.97. The Morgan fingerprint density at radius 3 is 2.82 bits per heavy atom. The minimum Gasteiger partial charge on any atom is -0.311 e. The summed E-state index contributed by atoms with van der Waals surface area (Å²) in [5.41, 5.74) is 2.64. The lowest BCUT2D eigenvalue weighted by Gasteiger charge is -2.16. The van der Waals surface area contributed by atoms with Crippen LogP contribution in [0.15, 0.2) is 22.7 Å². The second kappa shape index (κ2) is 5.98. The Labute approximate surface area is 113 Å². The molecule has 2 rings (SSSR count). The zero-order valence-electron chi connectivity index (χ0n) is 10.7. The molecule has 1 saturated carbocycles. The fraction of sp³-hybridized carbons (Fsp3) is 0.571. The molecule has 1 aliphatic carbocycles. The molecule has 0 spiro atoms. The van der Waals surface area contributed by atoms with Gasteiger partial charge in [0.1, 0.15) is 0 Å². The normalized spacial score (nSPS) is 15.5. The lowest BCUT2D eigenvalue weighted by Crippen LogP contribution is -2.30. The zero-order valence-corrected chi connectivity index (χ0v) is 12.3. The predicted octanol–water partition coefficient (Wildman–Crippen LogP) is 2.94. The Balaban J connectivity index is 1.70. The van der Waals surface area contributed by atoms with Crippen molar-refractivity contribution in [3.63, 3.8) is 0 Å². The average Bonchev–Trinajstić information content (AvgIpc) is 3.10. The molecule has 1 aliphatic rings. The molecule has 0 amide bonds. The Kier molecular flexibility index (Phi) is 4.60. The number of likely N-dealkylation sites (N-methyl/N-ethyl adjacent to an activating group) is 1. The van der Waals surface area contributed by atoms with Crippen LogP contribution in [0.5, 0.6) is 0 Å². The summed E-state index contributed by atoms with van der Waals surface area (Å²) < 4.78 is 1.21. The van der Waals surface area contributed by atoms with Crippen molar-refractivity contribution in [3.8, 4) is 0 Å². The largest absolute Gasteiger partial charge is 0.311 e. The van der Waals surface area contributed by atoms with Crippen LogP contribution < -0.4 is 5.32 Å². The van der Waals surface area contributed by atoms with E-state index in [1.165, 1.54) is 28.4 Å². The molecule has 0 heterocycles. The number of hydrogen-bond donors (Lipinski definition) is 1. The van der Waals surface area contributed by atoms with Gasteiger partial charge in [-0.1, -0.05) is 28.1 Å². The molecule has 0 aliphatic heterocycles. The molecular formula is C14H21BrN2. The Bertz CT molecular complexity index is 374. The molecule has 0 radical (unpaired) electrons. The number of nitrogens with zero attached hydrogens (tertiary/aromatic N) is 1. The van der Waals surface area contributed by atoms with E-state index in [-0.39, 0.29) is 0 Å². The summed E-state index contributed by atoms with van der Waals surface area (Å²) in [6, 6.07) is 7.39. The van der Waals surface area contributed by atoms with Gasteiger partial charge in [-0.25, -0.2) is 0 Å². The van der Waals surface area contributed by atoms with Crippen LogP contribution in [0.2, 0.25) is 0 Å². The molecule has 17 heavy (non-hydrogen) atoms. The topological polar surface area (TPSA) is 15.3 Å². The van der Waals surface area contributed by atoms with Crippen molar-refractivity contribution in [1.82, 2.24) is 10.2 Å². The molecule has 1 aromatic rings. The summed E-state index contributed by atoms with van der Waals surface area (Å²) in [5, 5.41) is 3.50. The van der Waals surface area contributed by atoms with Crippen LogP contribution in [0, 0.1) is 6.92 Å². The van der Waals surface area contributed by atoms with Crippen molar-refractivity contribution in [2.75, 3.05) is 20.1 Å². The first-order chi connectivity index (χ1) is 8.16. The first-order valence-electron chi connectivity index (χ1n) is 6.33. The van der Waals surface area contributed by atoms with Crippen LogP contribution in [-0.2, 0) is 6.54 Å². The highest BCUT2D eigenvalue weighted by atomic mass is 79.9. The van der Waals surface area contributed by atoms with Gasteiger partial charge in [-0.2, -0.15) is 0 Å². The minimum absolute atomic E-state index is 0.864. The summed E-state index contributed by atoms with van der Waals surface area (Å²) in [6.45, 7) is 5.27. The summed E-state index contributed by atoms with van der Waals surface area (Å²) in [5.74, 6) is 0. The van der Waals surface area contributed by atoms with Gasteiger partial charge in [-0.05, 0) is 44.0 Å². The third kappa shape index (κ3) is 4.09. The van der Waals surface area contributed by atoms with Gasteiger partial charge < -0.3 is 10.2 Å². The van der Waals surface area contributed by atoms with E-state index >= 15 is 0 Å². The van der Waals surface area contributed by atoms with Gasteiger partial charge in [0, 0.05) is 30.1 Å². The number of aryl methyl sites for hydroxylation is 1. The van der Waals surface area contributed by atoms with Crippen LogP contribution in [0.4, 0.5) is 0 Å². The standard InChI is InChI=1S/C14H21BrN2/c1-11-3-4-12(14(15)9-11)10-16-7-8-17(2)13-5-6-13/h3-4,9,13,16H,5-8,10H2,1-2H3. The van der Waals surface area contributed by atoms with Gasteiger partial charge in [0.2, 0.25) is 0 Å². The number of rotatable bonds is 6. The van der Waals surface area contributed by atoms with Crippen LogP contribution >= 0.6 is 15.9 Å². The second-order valence-electron chi connectivity index (χ2n) is 4.98. The van der Waals surface area contributed by atoms with Crippen molar-refractivity contribution in [1.29, 1.82) is 0 Å². The van der Waals surface area contributed by atoms with E-state index in [1.54, 1.807) is 0 Å². The molecule has 0 saturated heterocycles. The molecule has 1 fully saturated rings.